The number of likely N-dealkylation sites (tertiary alicyclic amines) is 1. The van der Waals surface area contributed by atoms with Crippen LogP contribution in [0.4, 0.5) is 26.3 Å². The van der Waals surface area contributed by atoms with Gasteiger partial charge in [-0.1, -0.05) is 48.5 Å². The molecule has 2 aliphatic rings. The van der Waals surface area contributed by atoms with Crippen molar-refractivity contribution in [2.24, 2.45) is 0 Å². The van der Waals surface area contributed by atoms with Gasteiger partial charge in [0.15, 0.2) is 0 Å². The van der Waals surface area contributed by atoms with Crippen molar-refractivity contribution >= 4 is 0 Å². The van der Waals surface area contributed by atoms with Crippen LogP contribution in [-0.4, -0.2) is 35.5 Å². The van der Waals surface area contributed by atoms with Crippen molar-refractivity contribution in [1.82, 2.24) is 9.80 Å². The number of hydrogen-bond acceptors (Lipinski definition) is 2. The van der Waals surface area contributed by atoms with Crippen LogP contribution >= 0.6 is 0 Å². The molecule has 208 valence electrons. The van der Waals surface area contributed by atoms with Gasteiger partial charge < -0.3 is 4.90 Å². The van der Waals surface area contributed by atoms with Crippen LogP contribution in [-0.2, 0) is 25.4 Å². The van der Waals surface area contributed by atoms with E-state index in [-0.39, 0.29) is 5.92 Å². The number of fused-ring (bicyclic) bond motifs is 1. The summed E-state index contributed by atoms with van der Waals surface area (Å²) in [5, 5.41) is 0. The molecule has 2 heterocycles. The highest BCUT2D eigenvalue weighted by atomic mass is 19.4. The van der Waals surface area contributed by atoms with Gasteiger partial charge in [0.2, 0.25) is 0 Å². The number of hydrogen-bond donors (Lipinski definition) is 0. The van der Waals surface area contributed by atoms with Crippen molar-refractivity contribution in [2.45, 2.75) is 63.1 Å². The molecule has 0 radical (unpaired) electrons. The fourth-order valence-corrected chi connectivity index (χ4v) is 5.98. The predicted molar refractivity (Wildman–Crippen MR) is 139 cm³/mol. The van der Waals surface area contributed by atoms with Crippen LogP contribution in [0.1, 0.15) is 65.0 Å². The van der Waals surface area contributed by atoms with Crippen LogP contribution in [0.3, 0.4) is 0 Å². The summed E-state index contributed by atoms with van der Waals surface area (Å²) in [5.41, 5.74) is 2.71. The minimum atomic E-state index is -4.44. The number of piperidine rings is 1. The fraction of sp³-hybridized carbons (Fsp3) is 0.419. The van der Waals surface area contributed by atoms with Crippen molar-refractivity contribution in [2.75, 3.05) is 19.6 Å². The van der Waals surface area contributed by atoms with Gasteiger partial charge in [0.1, 0.15) is 0 Å². The molecule has 0 spiro atoms. The first-order valence-corrected chi connectivity index (χ1v) is 13.5. The van der Waals surface area contributed by atoms with E-state index in [1.54, 1.807) is 0 Å². The molecular weight excluding hydrogens is 514 g/mol. The summed E-state index contributed by atoms with van der Waals surface area (Å²) in [6.07, 6.45) is -5.26. The third-order valence-corrected chi connectivity index (χ3v) is 8.19. The number of benzene rings is 3. The molecule has 3 aromatic carbocycles. The second-order valence-electron chi connectivity index (χ2n) is 10.7. The largest absolute Gasteiger partial charge is 0.416 e. The first kappa shape index (κ1) is 27.7. The molecule has 3 aromatic rings. The minimum absolute atomic E-state index is 0.282. The standard InChI is InChI=1S/C31H32F6N2/c32-30(33,34)26-11-7-22(8-12-26)29(23-9-13-27(14-10-23)31(35,36)37)6-3-17-38-18-15-28(16-19-38)39-20-24-4-1-2-5-25(24)21-39/h1-2,4-5,7-14,28-29H,3,6,15-21H2. The molecular formula is C31H32F6N2. The molecule has 39 heavy (non-hydrogen) atoms. The molecule has 0 aliphatic carbocycles. The van der Waals surface area contributed by atoms with Gasteiger partial charge in [-0.3, -0.25) is 4.90 Å². The van der Waals surface area contributed by atoms with E-state index in [9.17, 15) is 26.3 Å². The number of alkyl halides is 6. The Morgan fingerprint density at radius 2 is 1.13 bits per heavy atom. The van der Waals surface area contributed by atoms with Crippen LogP contribution in [0.15, 0.2) is 72.8 Å². The molecule has 0 atom stereocenters. The summed E-state index contributed by atoms with van der Waals surface area (Å²) in [6, 6.07) is 19.1. The van der Waals surface area contributed by atoms with E-state index < -0.39 is 23.5 Å². The molecule has 5 rings (SSSR count). The molecule has 1 fully saturated rings. The highest BCUT2D eigenvalue weighted by Crippen LogP contribution is 2.36. The molecule has 2 nitrogen and oxygen atoms in total. The van der Waals surface area contributed by atoms with Gasteiger partial charge in [-0.15, -0.1) is 0 Å². The SMILES string of the molecule is FC(F)(F)c1ccc(C(CCCN2CCC(N3Cc4ccccc4C3)CC2)c2ccc(C(F)(F)F)cc2)cc1. The van der Waals surface area contributed by atoms with Crippen LogP contribution < -0.4 is 0 Å². The van der Waals surface area contributed by atoms with E-state index >= 15 is 0 Å². The number of rotatable bonds is 7. The highest BCUT2D eigenvalue weighted by Gasteiger charge is 2.32. The second kappa shape index (κ2) is 11.3. The minimum Gasteiger partial charge on any atom is -0.303 e. The number of nitrogens with zero attached hydrogens (tertiary/aromatic N) is 2. The lowest BCUT2D eigenvalue weighted by Crippen LogP contribution is -2.43. The normalized spacial score (nSPS) is 17.6. The molecule has 8 heteroatoms. The Balaban J connectivity index is 1.20. The quantitative estimate of drug-likeness (QED) is 0.276. The molecule has 1 saturated heterocycles. The molecule has 0 N–H and O–H groups in total. The molecule has 0 saturated carbocycles. The third-order valence-electron chi connectivity index (χ3n) is 8.19. The van der Waals surface area contributed by atoms with E-state index in [1.807, 2.05) is 0 Å². The Morgan fingerprint density at radius 1 is 0.667 bits per heavy atom. The van der Waals surface area contributed by atoms with Gasteiger partial charge in [-0.2, -0.15) is 26.3 Å². The Morgan fingerprint density at radius 3 is 1.56 bits per heavy atom. The summed E-state index contributed by atoms with van der Waals surface area (Å²) in [7, 11) is 0. The molecule has 0 unspecified atom stereocenters. The van der Waals surface area contributed by atoms with E-state index in [1.165, 1.54) is 35.4 Å². The Labute approximate surface area is 225 Å². The first-order chi connectivity index (χ1) is 18.6. The summed E-state index contributed by atoms with van der Waals surface area (Å²) in [6.45, 7) is 4.84. The second-order valence-corrected chi connectivity index (χ2v) is 10.7. The van der Waals surface area contributed by atoms with E-state index in [0.29, 0.717) is 23.6 Å². The zero-order valence-electron chi connectivity index (χ0n) is 21.6. The summed E-state index contributed by atoms with van der Waals surface area (Å²) >= 11 is 0. The zero-order chi connectivity index (χ0) is 27.6. The average Bonchev–Trinajstić information content (AvgIpc) is 3.35. The van der Waals surface area contributed by atoms with Crippen molar-refractivity contribution in [3.8, 4) is 0 Å². The maximum atomic E-state index is 13.1. The lowest BCUT2D eigenvalue weighted by atomic mass is 9.86. The lowest BCUT2D eigenvalue weighted by molar-refractivity contribution is -0.138. The zero-order valence-corrected chi connectivity index (χ0v) is 21.6. The smallest absolute Gasteiger partial charge is 0.303 e. The summed E-state index contributed by atoms with van der Waals surface area (Å²) < 4.78 is 78.5. The van der Waals surface area contributed by atoms with Crippen molar-refractivity contribution in [3.05, 3.63) is 106 Å². The van der Waals surface area contributed by atoms with E-state index in [4.69, 9.17) is 0 Å². The summed E-state index contributed by atoms with van der Waals surface area (Å²) in [5.74, 6) is -0.282. The first-order valence-electron chi connectivity index (χ1n) is 13.5. The van der Waals surface area contributed by atoms with E-state index in [2.05, 4.69) is 34.1 Å². The Hall–Kier alpha value is -2.84. The van der Waals surface area contributed by atoms with Crippen LogP contribution in [0.5, 0.6) is 0 Å². The van der Waals surface area contributed by atoms with Gasteiger partial charge in [-0.25, -0.2) is 0 Å². The fourth-order valence-electron chi connectivity index (χ4n) is 5.98. The van der Waals surface area contributed by atoms with Crippen molar-refractivity contribution < 1.29 is 26.3 Å². The van der Waals surface area contributed by atoms with Gasteiger partial charge in [-0.05, 0) is 91.8 Å². The van der Waals surface area contributed by atoms with Crippen LogP contribution in [0.25, 0.3) is 0 Å². The van der Waals surface area contributed by atoms with E-state index in [0.717, 1.165) is 76.3 Å². The summed E-state index contributed by atoms with van der Waals surface area (Å²) in [4.78, 5) is 4.99. The topological polar surface area (TPSA) is 6.48 Å². The Bertz CT molecular complexity index is 1140. The van der Waals surface area contributed by atoms with Crippen LogP contribution in [0, 0.1) is 0 Å². The molecule has 0 bridgehead atoms. The Kier molecular flexibility index (Phi) is 8.06. The lowest BCUT2D eigenvalue weighted by Gasteiger charge is -2.36. The third kappa shape index (κ3) is 6.67. The number of halogens is 6. The molecule has 2 aliphatic heterocycles. The molecule has 0 amide bonds. The van der Waals surface area contributed by atoms with Gasteiger partial charge in [0.25, 0.3) is 0 Å². The van der Waals surface area contributed by atoms with Gasteiger partial charge >= 0.3 is 12.4 Å². The van der Waals surface area contributed by atoms with Crippen molar-refractivity contribution in [3.63, 3.8) is 0 Å². The van der Waals surface area contributed by atoms with Gasteiger partial charge in [0, 0.05) is 25.0 Å². The average molecular weight is 547 g/mol. The predicted octanol–water partition coefficient (Wildman–Crippen LogP) is 8.12. The maximum absolute atomic E-state index is 13.1. The maximum Gasteiger partial charge on any atom is 0.416 e. The monoisotopic (exact) mass is 546 g/mol. The van der Waals surface area contributed by atoms with Crippen molar-refractivity contribution in [1.29, 1.82) is 0 Å². The van der Waals surface area contributed by atoms with Gasteiger partial charge in [0.05, 0.1) is 11.1 Å². The highest BCUT2D eigenvalue weighted by molar-refractivity contribution is 5.37. The van der Waals surface area contributed by atoms with Crippen LogP contribution in [0.2, 0.25) is 0 Å². The molecule has 0 aromatic heterocycles.